The van der Waals surface area contributed by atoms with Crippen LogP contribution in [-0.4, -0.2) is 13.1 Å². The molecule has 0 unspecified atom stereocenters. The Bertz CT molecular complexity index is 283. The minimum Gasteiger partial charge on any atom is -0.371 e. The number of benzene rings is 1. The molecule has 1 nitrogen and oxygen atoms in total. The van der Waals surface area contributed by atoms with Crippen molar-refractivity contribution in [3.05, 3.63) is 28.8 Å². The van der Waals surface area contributed by atoms with Crippen molar-refractivity contribution in [3.8, 4) is 0 Å². The van der Waals surface area contributed by atoms with Gasteiger partial charge in [0, 0.05) is 23.8 Å². The molecule has 0 radical (unpaired) electrons. The Morgan fingerprint density at radius 2 is 1.85 bits per heavy atom. The molecule has 1 aliphatic heterocycles. The molecular formula is C11H14ClN. The van der Waals surface area contributed by atoms with E-state index in [0.717, 1.165) is 5.02 Å². The molecule has 0 bridgehead atoms. The normalized spacial score (nSPS) is 16.6. The lowest BCUT2D eigenvalue weighted by Gasteiger charge is -2.18. The van der Waals surface area contributed by atoms with Gasteiger partial charge in [-0.1, -0.05) is 11.6 Å². The predicted molar refractivity (Wildman–Crippen MR) is 57.6 cm³/mol. The van der Waals surface area contributed by atoms with Crippen molar-refractivity contribution in [2.45, 2.75) is 19.8 Å². The quantitative estimate of drug-likeness (QED) is 0.665. The monoisotopic (exact) mass is 195 g/mol. The minimum atomic E-state index is 0.849. The van der Waals surface area contributed by atoms with Gasteiger partial charge in [0.25, 0.3) is 0 Å². The molecule has 1 saturated heterocycles. The number of aryl methyl sites for hydroxylation is 1. The summed E-state index contributed by atoms with van der Waals surface area (Å²) in [6.07, 6.45) is 2.62. The van der Waals surface area contributed by atoms with Crippen molar-refractivity contribution >= 4 is 17.3 Å². The first-order valence-corrected chi connectivity index (χ1v) is 5.16. The smallest absolute Gasteiger partial charge is 0.0429 e. The maximum absolute atomic E-state index is 6.00. The molecule has 0 spiro atoms. The molecule has 13 heavy (non-hydrogen) atoms. The third kappa shape index (κ3) is 1.97. The van der Waals surface area contributed by atoms with E-state index < -0.39 is 0 Å². The lowest BCUT2D eigenvalue weighted by molar-refractivity contribution is 0.949. The molecule has 2 rings (SSSR count). The summed E-state index contributed by atoms with van der Waals surface area (Å²) >= 11 is 6.00. The van der Waals surface area contributed by atoms with Crippen LogP contribution in [0.5, 0.6) is 0 Å². The zero-order valence-corrected chi connectivity index (χ0v) is 8.64. The average Bonchev–Trinajstić information content (AvgIpc) is 2.53. The van der Waals surface area contributed by atoms with E-state index in [1.807, 2.05) is 6.07 Å². The number of hydrogen-bond acceptors (Lipinski definition) is 1. The van der Waals surface area contributed by atoms with Gasteiger partial charge in [0.05, 0.1) is 0 Å². The van der Waals surface area contributed by atoms with E-state index in [4.69, 9.17) is 11.6 Å². The molecule has 1 aromatic rings. The summed E-state index contributed by atoms with van der Waals surface area (Å²) in [5, 5.41) is 0.849. The molecule has 0 N–H and O–H groups in total. The summed E-state index contributed by atoms with van der Waals surface area (Å²) < 4.78 is 0. The number of halogens is 1. The lowest BCUT2D eigenvalue weighted by atomic mass is 10.2. The maximum atomic E-state index is 6.00. The van der Waals surface area contributed by atoms with Crippen LogP contribution in [0.15, 0.2) is 18.2 Å². The predicted octanol–water partition coefficient (Wildman–Crippen LogP) is 3.25. The first-order chi connectivity index (χ1) is 6.25. The zero-order chi connectivity index (χ0) is 9.26. The fourth-order valence-electron chi connectivity index (χ4n) is 1.87. The summed E-state index contributed by atoms with van der Waals surface area (Å²) in [5.41, 5.74) is 2.52. The second kappa shape index (κ2) is 3.59. The molecule has 1 heterocycles. The van der Waals surface area contributed by atoms with Crippen LogP contribution in [0, 0.1) is 6.92 Å². The Kier molecular flexibility index (Phi) is 2.45. The van der Waals surface area contributed by atoms with Crippen molar-refractivity contribution < 1.29 is 0 Å². The Hall–Kier alpha value is -0.690. The highest BCUT2D eigenvalue weighted by atomic mass is 35.5. The van der Waals surface area contributed by atoms with Gasteiger partial charge in [-0.2, -0.15) is 0 Å². The van der Waals surface area contributed by atoms with Gasteiger partial charge < -0.3 is 4.90 Å². The average molecular weight is 196 g/mol. The van der Waals surface area contributed by atoms with Crippen molar-refractivity contribution in [3.63, 3.8) is 0 Å². The van der Waals surface area contributed by atoms with Crippen LogP contribution in [0.25, 0.3) is 0 Å². The fraction of sp³-hybridized carbons (Fsp3) is 0.455. The first kappa shape index (κ1) is 8.89. The minimum absolute atomic E-state index is 0.849. The van der Waals surface area contributed by atoms with E-state index in [1.54, 1.807) is 0 Å². The van der Waals surface area contributed by atoms with Gasteiger partial charge in [-0.05, 0) is 43.5 Å². The van der Waals surface area contributed by atoms with E-state index in [9.17, 15) is 0 Å². The Labute approximate surface area is 84.3 Å². The molecule has 0 aliphatic carbocycles. The van der Waals surface area contributed by atoms with E-state index >= 15 is 0 Å². The zero-order valence-electron chi connectivity index (χ0n) is 7.89. The Morgan fingerprint density at radius 3 is 2.46 bits per heavy atom. The van der Waals surface area contributed by atoms with Crippen molar-refractivity contribution in [2.24, 2.45) is 0 Å². The summed E-state index contributed by atoms with van der Waals surface area (Å²) in [6, 6.07) is 6.26. The van der Waals surface area contributed by atoms with Gasteiger partial charge in [-0.25, -0.2) is 0 Å². The van der Waals surface area contributed by atoms with E-state index in [2.05, 4.69) is 24.0 Å². The van der Waals surface area contributed by atoms with Crippen LogP contribution in [0.2, 0.25) is 5.02 Å². The summed E-state index contributed by atoms with van der Waals surface area (Å²) in [5.74, 6) is 0. The molecule has 2 heteroatoms. The number of rotatable bonds is 1. The van der Waals surface area contributed by atoms with Crippen LogP contribution >= 0.6 is 11.6 Å². The molecule has 1 aromatic carbocycles. The second-order valence-corrected chi connectivity index (χ2v) is 4.12. The largest absolute Gasteiger partial charge is 0.371 e. The van der Waals surface area contributed by atoms with Crippen molar-refractivity contribution in [1.82, 2.24) is 0 Å². The number of anilines is 1. The fourth-order valence-corrected chi connectivity index (χ4v) is 2.16. The highest BCUT2D eigenvalue weighted by Crippen LogP contribution is 2.25. The maximum Gasteiger partial charge on any atom is 0.0429 e. The number of nitrogens with zero attached hydrogens (tertiary/aromatic N) is 1. The van der Waals surface area contributed by atoms with E-state index in [1.165, 1.54) is 37.2 Å². The lowest BCUT2D eigenvalue weighted by Crippen LogP contribution is -2.17. The highest BCUT2D eigenvalue weighted by Gasteiger charge is 2.12. The molecule has 0 aromatic heterocycles. The SMILES string of the molecule is Cc1cc(Cl)cc(N2CCCC2)c1. The van der Waals surface area contributed by atoms with Gasteiger partial charge in [-0.3, -0.25) is 0 Å². The van der Waals surface area contributed by atoms with E-state index in [-0.39, 0.29) is 0 Å². The van der Waals surface area contributed by atoms with Crippen LogP contribution < -0.4 is 4.90 Å². The topological polar surface area (TPSA) is 3.24 Å². The third-order valence-electron chi connectivity index (χ3n) is 2.50. The Morgan fingerprint density at radius 1 is 1.15 bits per heavy atom. The first-order valence-electron chi connectivity index (χ1n) is 4.78. The van der Waals surface area contributed by atoms with Gasteiger partial charge in [-0.15, -0.1) is 0 Å². The second-order valence-electron chi connectivity index (χ2n) is 3.68. The molecule has 0 amide bonds. The Balaban J connectivity index is 2.28. The standard InChI is InChI=1S/C11H14ClN/c1-9-6-10(12)8-11(7-9)13-4-2-3-5-13/h6-8H,2-5H2,1H3. The molecule has 70 valence electrons. The van der Waals surface area contributed by atoms with Gasteiger partial charge in [0.2, 0.25) is 0 Å². The molecule has 0 atom stereocenters. The summed E-state index contributed by atoms with van der Waals surface area (Å²) in [4.78, 5) is 2.40. The van der Waals surface area contributed by atoms with Crippen LogP contribution in [0.1, 0.15) is 18.4 Å². The summed E-state index contributed by atoms with van der Waals surface area (Å²) in [7, 11) is 0. The molecular weight excluding hydrogens is 182 g/mol. The van der Waals surface area contributed by atoms with E-state index in [0.29, 0.717) is 0 Å². The molecule has 1 fully saturated rings. The van der Waals surface area contributed by atoms with Gasteiger partial charge in [0.1, 0.15) is 0 Å². The van der Waals surface area contributed by atoms with Crippen LogP contribution in [0.4, 0.5) is 5.69 Å². The van der Waals surface area contributed by atoms with Crippen molar-refractivity contribution in [1.29, 1.82) is 0 Å². The summed E-state index contributed by atoms with van der Waals surface area (Å²) in [6.45, 7) is 4.45. The van der Waals surface area contributed by atoms with Gasteiger partial charge >= 0.3 is 0 Å². The molecule has 1 aliphatic rings. The van der Waals surface area contributed by atoms with Crippen LogP contribution in [-0.2, 0) is 0 Å². The number of hydrogen-bond donors (Lipinski definition) is 0. The highest BCUT2D eigenvalue weighted by molar-refractivity contribution is 6.30. The van der Waals surface area contributed by atoms with Crippen LogP contribution in [0.3, 0.4) is 0 Å². The molecule has 0 saturated carbocycles. The van der Waals surface area contributed by atoms with Gasteiger partial charge in [0.15, 0.2) is 0 Å². The van der Waals surface area contributed by atoms with Crippen molar-refractivity contribution in [2.75, 3.05) is 18.0 Å². The third-order valence-corrected chi connectivity index (χ3v) is 2.72.